The van der Waals surface area contributed by atoms with Crippen LogP contribution in [0.3, 0.4) is 0 Å². The van der Waals surface area contributed by atoms with Crippen molar-refractivity contribution in [2.45, 2.75) is 6.54 Å². The van der Waals surface area contributed by atoms with E-state index < -0.39 is 0 Å². The van der Waals surface area contributed by atoms with Gasteiger partial charge in [-0.3, -0.25) is 9.48 Å². The molecule has 0 bridgehead atoms. The maximum Gasteiger partial charge on any atom is 0.291 e. The van der Waals surface area contributed by atoms with E-state index in [0.717, 1.165) is 21.3 Å². The summed E-state index contributed by atoms with van der Waals surface area (Å²) in [5.41, 5.74) is 4.73. The van der Waals surface area contributed by atoms with Crippen LogP contribution in [-0.4, -0.2) is 29.0 Å². The number of methoxy groups -OCH3 is 1. The molecule has 0 fully saturated rings. The number of benzene rings is 2. The Balaban J connectivity index is 1.58. The lowest BCUT2D eigenvalue weighted by Crippen LogP contribution is -2.18. The topological polar surface area (TPSA) is 68.5 Å². The molecule has 132 valence electrons. The second kappa shape index (κ2) is 8.44. The summed E-state index contributed by atoms with van der Waals surface area (Å²) in [5.74, 6) is 0.407. The summed E-state index contributed by atoms with van der Waals surface area (Å²) in [5, 5.41) is 8.24. The predicted octanol–water partition coefficient (Wildman–Crippen LogP) is 3.47. The third-order valence-electron chi connectivity index (χ3n) is 3.60. The normalized spacial score (nSPS) is 10.8. The molecule has 26 heavy (non-hydrogen) atoms. The Kier molecular flexibility index (Phi) is 5.80. The van der Waals surface area contributed by atoms with Gasteiger partial charge >= 0.3 is 0 Å². The molecule has 1 heterocycles. The van der Waals surface area contributed by atoms with Crippen molar-refractivity contribution in [2.24, 2.45) is 5.10 Å². The van der Waals surface area contributed by atoms with E-state index in [-0.39, 0.29) is 5.91 Å². The van der Waals surface area contributed by atoms with Crippen molar-refractivity contribution < 1.29 is 9.53 Å². The molecule has 0 atom stereocenters. The minimum Gasteiger partial charge on any atom is -0.497 e. The van der Waals surface area contributed by atoms with E-state index in [9.17, 15) is 4.79 Å². The van der Waals surface area contributed by atoms with E-state index in [1.54, 1.807) is 30.3 Å². The number of nitrogens with zero attached hydrogens (tertiary/aromatic N) is 3. The largest absolute Gasteiger partial charge is 0.497 e. The van der Waals surface area contributed by atoms with E-state index >= 15 is 0 Å². The molecule has 2 aromatic carbocycles. The quantitative estimate of drug-likeness (QED) is 0.497. The Labute approximate surface area is 159 Å². The highest BCUT2D eigenvalue weighted by atomic mass is 79.9. The van der Waals surface area contributed by atoms with Crippen LogP contribution in [-0.2, 0) is 6.54 Å². The molecule has 3 rings (SSSR count). The summed E-state index contributed by atoms with van der Waals surface area (Å²) in [6, 6.07) is 17.0. The fraction of sp³-hybridized carbons (Fsp3) is 0.105. The van der Waals surface area contributed by atoms with Gasteiger partial charge in [-0.25, -0.2) is 5.43 Å². The summed E-state index contributed by atoms with van der Waals surface area (Å²) in [7, 11) is 1.61. The molecule has 0 saturated carbocycles. The number of ether oxygens (including phenoxy) is 1. The summed E-state index contributed by atoms with van der Waals surface area (Å²) in [6.45, 7) is 0.585. The molecule has 7 heteroatoms. The monoisotopic (exact) mass is 412 g/mol. The van der Waals surface area contributed by atoms with Gasteiger partial charge in [0.25, 0.3) is 5.91 Å². The summed E-state index contributed by atoms with van der Waals surface area (Å²) in [4.78, 5) is 12.1. The molecular formula is C19H17BrN4O2. The molecule has 6 nitrogen and oxygen atoms in total. The Morgan fingerprint density at radius 2 is 2.08 bits per heavy atom. The molecule has 0 aliphatic rings. The van der Waals surface area contributed by atoms with Crippen molar-refractivity contribution >= 4 is 28.1 Å². The molecule has 3 aromatic rings. The van der Waals surface area contributed by atoms with Gasteiger partial charge in [-0.2, -0.15) is 10.2 Å². The van der Waals surface area contributed by atoms with Crippen LogP contribution >= 0.6 is 15.9 Å². The molecular weight excluding hydrogens is 396 g/mol. The third-order valence-corrected chi connectivity index (χ3v) is 4.10. The first-order valence-electron chi connectivity index (χ1n) is 7.89. The highest BCUT2D eigenvalue weighted by Crippen LogP contribution is 2.13. The van der Waals surface area contributed by atoms with Crippen molar-refractivity contribution in [3.8, 4) is 5.75 Å². The van der Waals surface area contributed by atoms with Crippen LogP contribution in [0.25, 0.3) is 0 Å². The number of rotatable bonds is 6. The number of halogens is 1. The Bertz CT molecular complexity index is 919. The van der Waals surface area contributed by atoms with E-state index in [4.69, 9.17) is 4.74 Å². The van der Waals surface area contributed by atoms with Gasteiger partial charge < -0.3 is 4.74 Å². The van der Waals surface area contributed by atoms with Gasteiger partial charge in [0, 0.05) is 10.7 Å². The van der Waals surface area contributed by atoms with Gasteiger partial charge in [0.15, 0.2) is 5.69 Å². The van der Waals surface area contributed by atoms with Crippen molar-refractivity contribution in [1.29, 1.82) is 0 Å². The molecule has 0 spiro atoms. The standard InChI is InChI=1S/C19H17BrN4O2/c1-26-17-7-5-14(6-8-17)12-21-22-19(25)18-9-10-24(23-18)13-15-3-2-4-16(20)11-15/h2-12H,13H2,1H3,(H,22,25). The van der Waals surface area contributed by atoms with Gasteiger partial charge in [-0.05, 0) is 53.6 Å². The highest BCUT2D eigenvalue weighted by molar-refractivity contribution is 9.10. The summed E-state index contributed by atoms with van der Waals surface area (Å²) >= 11 is 3.44. The number of carbonyl (C=O) groups excluding carboxylic acids is 1. The van der Waals surface area contributed by atoms with E-state index in [1.165, 1.54) is 0 Å². The van der Waals surface area contributed by atoms with Gasteiger partial charge in [-0.1, -0.05) is 28.1 Å². The van der Waals surface area contributed by atoms with E-state index in [0.29, 0.717) is 12.2 Å². The Morgan fingerprint density at radius 1 is 1.27 bits per heavy atom. The van der Waals surface area contributed by atoms with Gasteiger partial charge in [0.1, 0.15) is 5.75 Å². The predicted molar refractivity (Wildman–Crippen MR) is 104 cm³/mol. The minimum absolute atomic E-state index is 0.312. The SMILES string of the molecule is COc1ccc(C=NNC(=O)c2ccn(Cc3cccc(Br)c3)n2)cc1. The van der Waals surface area contributed by atoms with Crippen molar-refractivity contribution in [1.82, 2.24) is 15.2 Å². The average Bonchev–Trinajstić information content (AvgIpc) is 3.11. The fourth-order valence-electron chi connectivity index (χ4n) is 2.31. The molecule has 1 amide bonds. The van der Waals surface area contributed by atoms with Gasteiger partial charge in [0.05, 0.1) is 19.9 Å². The first kappa shape index (κ1) is 17.9. The maximum absolute atomic E-state index is 12.1. The number of hydrogen-bond acceptors (Lipinski definition) is 4. The van der Waals surface area contributed by atoms with E-state index in [2.05, 4.69) is 31.6 Å². The van der Waals surface area contributed by atoms with Crippen LogP contribution < -0.4 is 10.2 Å². The van der Waals surface area contributed by atoms with Crippen molar-refractivity contribution in [3.05, 3.63) is 82.1 Å². The zero-order valence-electron chi connectivity index (χ0n) is 14.1. The number of nitrogens with one attached hydrogen (secondary N) is 1. The molecule has 1 aromatic heterocycles. The number of hydrogen-bond donors (Lipinski definition) is 1. The van der Waals surface area contributed by atoms with Crippen LogP contribution in [0.1, 0.15) is 21.6 Å². The van der Waals surface area contributed by atoms with Gasteiger partial charge in [0.2, 0.25) is 0 Å². The number of carbonyl (C=O) groups is 1. The Hall–Kier alpha value is -2.93. The molecule has 0 aliphatic heterocycles. The number of amides is 1. The van der Waals surface area contributed by atoms with Crippen LogP contribution in [0.5, 0.6) is 5.75 Å². The number of aromatic nitrogens is 2. The second-order valence-electron chi connectivity index (χ2n) is 5.50. The third kappa shape index (κ3) is 4.80. The molecule has 0 saturated heterocycles. The summed E-state index contributed by atoms with van der Waals surface area (Å²) < 4.78 is 7.81. The smallest absolute Gasteiger partial charge is 0.291 e. The van der Waals surface area contributed by atoms with Crippen LogP contribution in [0, 0.1) is 0 Å². The fourth-order valence-corrected chi connectivity index (χ4v) is 2.75. The van der Waals surface area contributed by atoms with Crippen molar-refractivity contribution in [2.75, 3.05) is 7.11 Å². The lowest BCUT2D eigenvalue weighted by atomic mass is 10.2. The average molecular weight is 413 g/mol. The summed E-state index contributed by atoms with van der Waals surface area (Å²) in [6.07, 6.45) is 3.33. The van der Waals surface area contributed by atoms with Crippen molar-refractivity contribution in [3.63, 3.8) is 0 Å². The maximum atomic E-state index is 12.1. The van der Waals surface area contributed by atoms with Crippen LogP contribution in [0.15, 0.2) is 70.4 Å². The van der Waals surface area contributed by atoms with Crippen LogP contribution in [0.2, 0.25) is 0 Å². The van der Waals surface area contributed by atoms with Crippen LogP contribution in [0.4, 0.5) is 0 Å². The first-order valence-corrected chi connectivity index (χ1v) is 8.69. The second-order valence-corrected chi connectivity index (χ2v) is 6.42. The molecule has 1 N–H and O–H groups in total. The lowest BCUT2D eigenvalue weighted by Gasteiger charge is -2.02. The number of hydrazone groups is 1. The molecule has 0 aliphatic carbocycles. The Morgan fingerprint density at radius 3 is 2.81 bits per heavy atom. The minimum atomic E-state index is -0.359. The lowest BCUT2D eigenvalue weighted by molar-refractivity contribution is 0.0949. The molecule has 0 unspecified atom stereocenters. The zero-order valence-corrected chi connectivity index (χ0v) is 15.7. The van der Waals surface area contributed by atoms with E-state index in [1.807, 2.05) is 48.5 Å². The zero-order chi connectivity index (χ0) is 18.4. The molecule has 0 radical (unpaired) electrons. The first-order chi connectivity index (χ1) is 12.6. The van der Waals surface area contributed by atoms with Gasteiger partial charge in [-0.15, -0.1) is 0 Å². The highest BCUT2D eigenvalue weighted by Gasteiger charge is 2.08.